The highest BCUT2D eigenvalue weighted by molar-refractivity contribution is 6.30. The van der Waals surface area contributed by atoms with E-state index in [1.54, 1.807) is 30.3 Å². The van der Waals surface area contributed by atoms with Crippen molar-refractivity contribution in [3.05, 3.63) is 40.6 Å². The van der Waals surface area contributed by atoms with Gasteiger partial charge >= 0.3 is 5.97 Å². The van der Waals surface area contributed by atoms with Crippen molar-refractivity contribution in [2.45, 2.75) is 57.9 Å². The van der Waals surface area contributed by atoms with Gasteiger partial charge in [-0.05, 0) is 43.0 Å². The lowest BCUT2D eigenvalue weighted by atomic mass is 9.95. The minimum atomic E-state index is -0.392. The van der Waals surface area contributed by atoms with Crippen molar-refractivity contribution in [1.29, 1.82) is 0 Å². The van der Waals surface area contributed by atoms with Crippen molar-refractivity contribution in [2.24, 2.45) is 0 Å². The molecule has 4 nitrogen and oxygen atoms in total. The lowest BCUT2D eigenvalue weighted by Crippen LogP contribution is -2.37. The molecule has 0 atom stereocenters. The summed E-state index contributed by atoms with van der Waals surface area (Å²) in [6.07, 6.45) is 7.96. The highest BCUT2D eigenvalue weighted by Crippen LogP contribution is 2.19. The fourth-order valence-corrected chi connectivity index (χ4v) is 2.86. The van der Waals surface area contributed by atoms with Gasteiger partial charge in [0, 0.05) is 17.5 Å². The van der Waals surface area contributed by atoms with E-state index in [1.165, 1.54) is 6.42 Å². The van der Waals surface area contributed by atoms with Crippen LogP contribution in [-0.2, 0) is 14.3 Å². The minimum Gasteiger partial charge on any atom is -0.421 e. The van der Waals surface area contributed by atoms with Gasteiger partial charge in [0.1, 0.15) is 0 Å². The minimum absolute atomic E-state index is 0.0429. The maximum Gasteiger partial charge on any atom is 0.311 e. The fraction of sp³-hybridized carbons (Fsp3) is 0.474. The highest BCUT2D eigenvalue weighted by atomic mass is 35.5. The summed E-state index contributed by atoms with van der Waals surface area (Å²) in [6.45, 7) is 1.89. The van der Waals surface area contributed by atoms with Gasteiger partial charge in [-0.2, -0.15) is 0 Å². The molecule has 0 aromatic heterocycles. The number of nitrogens with one attached hydrogen (secondary N) is 1. The van der Waals surface area contributed by atoms with Gasteiger partial charge in [0.2, 0.25) is 0 Å². The van der Waals surface area contributed by atoms with E-state index in [9.17, 15) is 9.59 Å². The normalized spacial score (nSPS) is 15.8. The average molecular weight is 350 g/mol. The SMILES string of the molecule is CCCC(=O)O/C(=C\c1ccc(Cl)cc1)C(=O)NC1CCCCC1. The lowest BCUT2D eigenvalue weighted by Gasteiger charge is -2.23. The summed E-state index contributed by atoms with van der Waals surface area (Å²) >= 11 is 5.88. The largest absolute Gasteiger partial charge is 0.421 e. The Morgan fingerprint density at radius 1 is 1.21 bits per heavy atom. The molecule has 1 N–H and O–H groups in total. The Bertz CT molecular complexity index is 589. The summed E-state index contributed by atoms with van der Waals surface area (Å²) in [4.78, 5) is 24.4. The molecule has 1 fully saturated rings. The monoisotopic (exact) mass is 349 g/mol. The second-order valence-corrected chi connectivity index (χ2v) is 6.53. The van der Waals surface area contributed by atoms with Crippen LogP contribution in [0, 0.1) is 0 Å². The molecule has 0 heterocycles. The summed E-state index contributed by atoms with van der Waals surface area (Å²) < 4.78 is 5.31. The number of hydrogen-bond acceptors (Lipinski definition) is 3. The zero-order valence-corrected chi connectivity index (χ0v) is 14.8. The molecular formula is C19H24ClNO3. The molecule has 0 bridgehead atoms. The van der Waals surface area contributed by atoms with Crippen molar-refractivity contribution in [2.75, 3.05) is 0 Å². The van der Waals surface area contributed by atoms with E-state index in [0.29, 0.717) is 11.4 Å². The second kappa shape index (κ2) is 9.48. The van der Waals surface area contributed by atoms with Gasteiger partial charge < -0.3 is 10.1 Å². The van der Waals surface area contributed by atoms with E-state index >= 15 is 0 Å². The summed E-state index contributed by atoms with van der Waals surface area (Å²) in [5, 5.41) is 3.60. The van der Waals surface area contributed by atoms with Gasteiger partial charge in [0.25, 0.3) is 5.91 Å². The van der Waals surface area contributed by atoms with E-state index in [0.717, 1.165) is 31.2 Å². The molecule has 0 aliphatic heterocycles. The van der Waals surface area contributed by atoms with Crippen LogP contribution in [-0.4, -0.2) is 17.9 Å². The van der Waals surface area contributed by atoms with Crippen molar-refractivity contribution in [3.63, 3.8) is 0 Å². The molecule has 1 aromatic rings. The Labute approximate surface area is 148 Å². The van der Waals surface area contributed by atoms with Crippen LogP contribution >= 0.6 is 11.6 Å². The van der Waals surface area contributed by atoms with E-state index in [2.05, 4.69) is 5.32 Å². The van der Waals surface area contributed by atoms with Gasteiger partial charge in [-0.1, -0.05) is 49.9 Å². The second-order valence-electron chi connectivity index (χ2n) is 6.09. The molecule has 1 aliphatic carbocycles. The first-order chi connectivity index (χ1) is 11.6. The number of halogens is 1. The highest BCUT2D eigenvalue weighted by Gasteiger charge is 2.20. The molecule has 2 rings (SSSR count). The molecule has 0 saturated heterocycles. The van der Waals surface area contributed by atoms with E-state index in [1.807, 2.05) is 6.92 Å². The van der Waals surface area contributed by atoms with Crippen LogP contribution in [0.2, 0.25) is 5.02 Å². The molecule has 24 heavy (non-hydrogen) atoms. The zero-order valence-electron chi connectivity index (χ0n) is 14.0. The first-order valence-corrected chi connectivity index (χ1v) is 8.95. The maximum absolute atomic E-state index is 12.5. The topological polar surface area (TPSA) is 55.4 Å². The third-order valence-electron chi connectivity index (χ3n) is 4.01. The van der Waals surface area contributed by atoms with Crippen molar-refractivity contribution in [3.8, 4) is 0 Å². The molecule has 1 aromatic carbocycles. The Morgan fingerprint density at radius 2 is 1.88 bits per heavy atom. The molecular weight excluding hydrogens is 326 g/mol. The van der Waals surface area contributed by atoms with Gasteiger partial charge in [-0.15, -0.1) is 0 Å². The third kappa shape index (κ3) is 6.00. The van der Waals surface area contributed by atoms with Crippen LogP contribution in [0.1, 0.15) is 57.4 Å². The maximum atomic E-state index is 12.5. The fourth-order valence-electron chi connectivity index (χ4n) is 2.73. The number of ether oxygens (including phenoxy) is 1. The number of rotatable bonds is 6. The first kappa shape index (κ1) is 18.5. The predicted molar refractivity (Wildman–Crippen MR) is 95.4 cm³/mol. The summed E-state index contributed by atoms with van der Waals surface area (Å²) in [5.41, 5.74) is 0.762. The number of amides is 1. The zero-order chi connectivity index (χ0) is 17.4. The smallest absolute Gasteiger partial charge is 0.311 e. The first-order valence-electron chi connectivity index (χ1n) is 8.57. The van der Waals surface area contributed by atoms with Crippen LogP contribution in [0.3, 0.4) is 0 Å². The van der Waals surface area contributed by atoms with Gasteiger partial charge in [0.15, 0.2) is 5.76 Å². The standard InChI is InChI=1S/C19H24ClNO3/c1-2-6-18(22)24-17(13-14-9-11-15(20)12-10-14)19(23)21-16-7-4-3-5-8-16/h9-13,16H,2-8H2,1H3,(H,21,23)/b17-13-. The molecule has 1 saturated carbocycles. The van der Waals surface area contributed by atoms with Crippen LogP contribution in [0.5, 0.6) is 0 Å². The Kier molecular flexibility index (Phi) is 7.32. The summed E-state index contributed by atoms with van der Waals surface area (Å²) in [6, 6.07) is 7.19. The van der Waals surface area contributed by atoms with Gasteiger partial charge in [-0.25, -0.2) is 0 Å². The molecule has 1 aliphatic rings. The Balaban J connectivity index is 2.12. The number of carbonyl (C=O) groups excluding carboxylic acids is 2. The Hall–Kier alpha value is -1.81. The van der Waals surface area contributed by atoms with Gasteiger partial charge in [0.05, 0.1) is 0 Å². The van der Waals surface area contributed by atoms with E-state index < -0.39 is 5.97 Å². The lowest BCUT2D eigenvalue weighted by molar-refractivity contribution is -0.143. The van der Waals surface area contributed by atoms with Crippen LogP contribution < -0.4 is 5.32 Å². The summed E-state index contributed by atoms with van der Waals surface area (Å²) in [7, 11) is 0. The average Bonchev–Trinajstić information content (AvgIpc) is 2.57. The molecule has 1 amide bonds. The summed E-state index contributed by atoms with van der Waals surface area (Å²) in [5.74, 6) is -0.681. The number of hydrogen-bond donors (Lipinski definition) is 1. The molecule has 0 spiro atoms. The molecule has 5 heteroatoms. The molecule has 0 unspecified atom stereocenters. The van der Waals surface area contributed by atoms with Gasteiger partial charge in [-0.3, -0.25) is 9.59 Å². The van der Waals surface area contributed by atoms with Crippen molar-refractivity contribution >= 4 is 29.6 Å². The quantitative estimate of drug-likeness (QED) is 0.468. The van der Waals surface area contributed by atoms with Crippen LogP contribution in [0.25, 0.3) is 6.08 Å². The van der Waals surface area contributed by atoms with Crippen LogP contribution in [0.15, 0.2) is 30.0 Å². The third-order valence-corrected chi connectivity index (χ3v) is 4.26. The number of benzene rings is 1. The molecule has 130 valence electrons. The number of carbonyl (C=O) groups is 2. The Morgan fingerprint density at radius 3 is 2.50 bits per heavy atom. The molecule has 0 radical (unpaired) electrons. The van der Waals surface area contributed by atoms with Crippen molar-refractivity contribution in [1.82, 2.24) is 5.32 Å². The number of esters is 1. The van der Waals surface area contributed by atoms with E-state index in [4.69, 9.17) is 16.3 Å². The predicted octanol–water partition coefficient (Wildman–Crippen LogP) is 4.47. The van der Waals surface area contributed by atoms with Crippen LogP contribution in [0.4, 0.5) is 0 Å². The van der Waals surface area contributed by atoms with Crippen molar-refractivity contribution < 1.29 is 14.3 Å². The van der Waals surface area contributed by atoms with E-state index in [-0.39, 0.29) is 24.1 Å².